The van der Waals surface area contributed by atoms with Crippen molar-refractivity contribution >= 4 is 17.7 Å². The molecule has 0 aromatic rings. The fourth-order valence-corrected chi connectivity index (χ4v) is 2.93. The molecule has 1 unspecified atom stereocenters. The smallest absolute Gasteiger partial charge is 0.237 e. The molecule has 1 amide bonds. The number of carbonyl (C=O) groups excluding carboxylic acids is 1. The lowest BCUT2D eigenvalue weighted by molar-refractivity contribution is -0.128. The molecule has 0 aliphatic carbocycles. The molecule has 0 bridgehead atoms. The first kappa shape index (κ1) is 8.38. The minimum Gasteiger partial charge on any atom is -0.325 e. The molecule has 4 heteroatoms. The molecule has 2 saturated heterocycles. The van der Waals surface area contributed by atoms with E-state index in [2.05, 4.69) is 5.32 Å². The van der Waals surface area contributed by atoms with E-state index in [4.69, 9.17) is 0 Å². The molecule has 68 valence electrons. The van der Waals surface area contributed by atoms with E-state index in [1.807, 2.05) is 16.7 Å². The summed E-state index contributed by atoms with van der Waals surface area (Å²) < 4.78 is 0. The second-order valence-corrected chi connectivity index (χ2v) is 4.47. The van der Waals surface area contributed by atoms with Gasteiger partial charge in [0, 0.05) is 11.8 Å². The summed E-state index contributed by atoms with van der Waals surface area (Å²) in [7, 11) is 0. The van der Waals surface area contributed by atoms with Gasteiger partial charge in [-0.05, 0) is 18.6 Å². The van der Waals surface area contributed by atoms with Crippen molar-refractivity contribution in [3.05, 3.63) is 0 Å². The average molecular weight is 186 g/mol. The average Bonchev–Trinajstić information content (AvgIpc) is 2.53. The van der Waals surface area contributed by atoms with Gasteiger partial charge in [-0.15, -0.1) is 0 Å². The molecule has 2 rings (SSSR count). The Morgan fingerprint density at radius 2 is 2.50 bits per heavy atom. The maximum absolute atomic E-state index is 11.3. The number of amides is 1. The lowest BCUT2D eigenvalue weighted by atomic mass is 10.1. The minimum absolute atomic E-state index is 0.280. The largest absolute Gasteiger partial charge is 0.325 e. The Labute approximate surface area is 76.9 Å². The van der Waals surface area contributed by atoms with E-state index in [1.165, 1.54) is 18.6 Å². The number of hydrogen-bond acceptors (Lipinski definition) is 3. The van der Waals surface area contributed by atoms with Crippen molar-refractivity contribution in [3.63, 3.8) is 0 Å². The summed E-state index contributed by atoms with van der Waals surface area (Å²) >= 11 is 1.97. The van der Waals surface area contributed by atoms with Crippen molar-refractivity contribution in [1.82, 2.24) is 10.2 Å². The fraction of sp³-hybridized carbons (Fsp3) is 0.875. The number of rotatable bonds is 1. The van der Waals surface area contributed by atoms with Gasteiger partial charge in [0.05, 0.1) is 13.2 Å². The molecule has 2 fully saturated rings. The Balaban J connectivity index is 1.93. The highest BCUT2D eigenvalue weighted by Gasteiger charge is 2.28. The molecule has 0 spiro atoms. The summed E-state index contributed by atoms with van der Waals surface area (Å²) in [5.41, 5.74) is 0. The second kappa shape index (κ2) is 3.66. The van der Waals surface area contributed by atoms with Crippen molar-refractivity contribution in [2.24, 2.45) is 0 Å². The van der Waals surface area contributed by atoms with Gasteiger partial charge in [0.2, 0.25) is 5.91 Å². The van der Waals surface area contributed by atoms with Gasteiger partial charge in [0.1, 0.15) is 0 Å². The molecular weight excluding hydrogens is 172 g/mol. The summed E-state index contributed by atoms with van der Waals surface area (Å²) in [5, 5.41) is 3.09. The van der Waals surface area contributed by atoms with Gasteiger partial charge in [-0.1, -0.05) is 0 Å². The van der Waals surface area contributed by atoms with Crippen LogP contribution in [0.15, 0.2) is 0 Å². The summed E-state index contributed by atoms with van der Waals surface area (Å²) in [5.74, 6) is 2.68. The molecule has 1 N–H and O–H groups in total. The van der Waals surface area contributed by atoms with Crippen LogP contribution in [0.1, 0.15) is 12.8 Å². The van der Waals surface area contributed by atoms with E-state index >= 15 is 0 Å². The van der Waals surface area contributed by atoms with Gasteiger partial charge in [0.25, 0.3) is 0 Å². The van der Waals surface area contributed by atoms with Gasteiger partial charge >= 0.3 is 0 Å². The highest BCUT2D eigenvalue weighted by atomic mass is 32.2. The van der Waals surface area contributed by atoms with Crippen molar-refractivity contribution in [1.29, 1.82) is 0 Å². The molecular formula is C8H14N2OS. The van der Waals surface area contributed by atoms with E-state index in [1.54, 1.807) is 0 Å². The minimum atomic E-state index is 0.280. The van der Waals surface area contributed by atoms with Crippen molar-refractivity contribution in [2.75, 3.05) is 24.7 Å². The molecule has 0 aromatic carbocycles. The zero-order valence-electron chi connectivity index (χ0n) is 7.08. The standard InChI is InChI=1S/C8H14N2OS/c11-8-4-9-6-10(8)7-2-1-3-12-5-7/h7,9H,1-6H2. The molecule has 2 aliphatic rings. The number of carbonyl (C=O) groups is 1. The van der Waals surface area contributed by atoms with Crippen molar-refractivity contribution in [2.45, 2.75) is 18.9 Å². The maximum Gasteiger partial charge on any atom is 0.237 e. The van der Waals surface area contributed by atoms with Crippen LogP contribution in [0.5, 0.6) is 0 Å². The van der Waals surface area contributed by atoms with E-state index in [0.717, 1.165) is 12.4 Å². The topological polar surface area (TPSA) is 32.3 Å². The van der Waals surface area contributed by atoms with Crippen LogP contribution >= 0.6 is 11.8 Å². The summed E-state index contributed by atoms with van der Waals surface area (Å²) in [6, 6.07) is 0.506. The van der Waals surface area contributed by atoms with Gasteiger partial charge in [-0.2, -0.15) is 11.8 Å². The molecule has 0 radical (unpaired) electrons. The predicted octanol–water partition coefficient (Wildman–Crippen LogP) is 0.271. The van der Waals surface area contributed by atoms with Crippen LogP contribution in [-0.2, 0) is 4.79 Å². The first-order valence-corrected chi connectivity index (χ1v) is 5.61. The second-order valence-electron chi connectivity index (χ2n) is 3.32. The molecule has 2 aliphatic heterocycles. The maximum atomic E-state index is 11.3. The molecule has 3 nitrogen and oxygen atoms in total. The van der Waals surface area contributed by atoms with Gasteiger partial charge in [-0.3, -0.25) is 10.1 Å². The van der Waals surface area contributed by atoms with Crippen LogP contribution < -0.4 is 5.32 Å². The quantitative estimate of drug-likeness (QED) is 0.638. The van der Waals surface area contributed by atoms with E-state index in [0.29, 0.717) is 12.6 Å². The molecule has 1 atom stereocenters. The monoisotopic (exact) mass is 186 g/mol. The van der Waals surface area contributed by atoms with E-state index < -0.39 is 0 Å². The number of hydrogen-bond donors (Lipinski definition) is 1. The van der Waals surface area contributed by atoms with Crippen LogP contribution in [0.25, 0.3) is 0 Å². The highest BCUT2D eigenvalue weighted by molar-refractivity contribution is 7.99. The third-order valence-electron chi connectivity index (χ3n) is 2.46. The summed E-state index contributed by atoms with van der Waals surface area (Å²) in [6.45, 7) is 1.31. The Bertz CT molecular complexity index is 180. The zero-order chi connectivity index (χ0) is 8.39. The van der Waals surface area contributed by atoms with E-state index in [-0.39, 0.29) is 5.91 Å². The number of nitrogens with zero attached hydrogens (tertiary/aromatic N) is 1. The third-order valence-corrected chi connectivity index (χ3v) is 3.65. The summed E-state index contributed by atoms with van der Waals surface area (Å²) in [6.07, 6.45) is 2.46. The Morgan fingerprint density at radius 3 is 3.08 bits per heavy atom. The molecule has 0 aromatic heterocycles. The van der Waals surface area contributed by atoms with Gasteiger partial charge < -0.3 is 4.90 Å². The molecule has 12 heavy (non-hydrogen) atoms. The number of thioether (sulfide) groups is 1. The van der Waals surface area contributed by atoms with Crippen LogP contribution in [-0.4, -0.2) is 41.6 Å². The predicted molar refractivity (Wildman–Crippen MR) is 50.1 cm³/mol. The third kappa shape index (κ3) is 1.59. The van der Waals surface area contributed by atoms with Crippen molar-refractivity contribution in [3.8, 4) is 0 Å². The summed E-state index contributed by atoms with van der Waals surface area (Å²) in [4.78, 5) is 13.3. The lowest BCUT2D eigenvalue weighted by Gasteiger charge is -2.29. The zero-order valence-corrected chi connectivity index (χ0v) is 7.90. The van der Waals surface area contributed by atoms with Crippen LogP contribution in [0.3, 0.4) is 0 Å². The van der Waals surface area contributed by atoms with Crippen molar-refractivity contribution < 1.29 is 4.79 Å². The molecule has 0 saturated carbocycles. The number of nitrogens with one attached hydrogen (secondary N) is 1. The van der Waals surface area contributed by atoms with Crippen LogP contribution in [0.4, 0.5) is 0 Å². The van der Waals surface area contributed by atoms with Crippen LogP contribution in [0, 0.1) is 0 Å². The lowest BCUT2D eigenvalue weighted by Crippen LogP contribution is -2.40. The first-order valence-electron chi connectivity index (χ1n) is 4.46. The van der Waals surface area contributed by atoms with Gasteiger partial charge in [0.15, 0.2) is 0 Å². The fourth-order valence-electron chi connectivity index (χ4n) is 1.78. The first-order chi connectivity index (χ1) is 5.88. The normalized spacial score (nSPS) is 31.2. The molecule has 2 heterocycles. The Kier molecular flexibility index (Phi) is 2.56. The van der Waals surface area contributed by atoms with Gasteiger partial charge in [-0.25, -0.2) is 0 Å². The van der Waals surface area contributed by atoms with E-state index in [9.17, 15) is 4.79 Å². The van der Waals surface area contributed by atoms with Crippen LogP contribution in [0.2, 0.25) is 0 Å². The Morgan fingerprint density at radius 1 is 1.58 bits per heavy atom. The SMILES string of the molecule is O=C1CNCN1C1CCCSC1. The Hall–Kier alpha value is -0.220. The highest BCUT2D eigenvalue weighted by Crippen LogP contribution is 2.22.